The summed E-state index contributed by atoms with van der Waals surface area (Å²) in [6.07, 6.45) is 0. The number of thiophene rings is 1. The second-order valence-corrected chi connectivity index (χ2v) is 7.36. The molecule has 0 aliphatic heterocycles. The first-order valence-corrected chi connectivity index (χ1v) is 8.26. The fourth-order valence-electron chi connectivity index (χ4n) is 1.75. The van der Waals surface area contributed by atoms with Crippen LogP contribution in [0.5, 0.6) is 0 Å². The summed E-state index contributed by atoms with van der Waals surface area (Å²) in [4.78, 5) is 5.88. The predicted octanol–water partition coefficient (Wildman–Crippen LogP) is 4.76. The highest BCUT2D eigenvalue weighted by Crippen LogP contribution is 2.34. The van der Waals surface area contributed by atoms with E-state index in [0.717, 1.165) is 25.6 Å². The van der Waals surface area contributed by atoms with E-state index in [1.807, 2.05) is 0 Å². The number of halogens is 1. The van der Waals surface area contributed by atoms with Crippen LogP contribution in [0.2, 0.25) is 0 Å². The third kappa shape index (κ3) is 2.79. The average molecular weight is 351 g/mol. The van der Waals surface area contributed by atoms with Crippen LogP contribution >= 0.6 is 38.6 Å². The molecule has 19 heavy (non-hydrogen) atoms. The number of benzene rings is 1. The van der Waals surface area contributed by atoms with Gasteiger partial charge in [-0.25, -0.2) is 4.98 Å². The highest BCUT2D eigenvalue weighted by atomic mass is 79.9. The maximum Gasteiger partial charge on any atom is 0.124 e. The van der Waals surface area contributed by atoms with Crippen molar-refractivity contribution in [2.75, 3.05) is 0 Å². The van der Waals surface area contributed by atoms with E-state index >= 15 is 0 Å². The highest BCUT2D eigenvalue weighted by Gasteiger charge is 2.08. The molecule has 0 saturated carbocycles. The molecule has 0 spiro atoms. The van der Waals surface area contributed by atoms with Crippen molar-refractivity contribution in [3.8, 4) is 21.1 Å². The molecule has 0 aliphatic carbocycles. The summed E-state index contributed by atoms with van der Waals surface area (Å²) in [7, 11) is 0. The van der Waals surface area contributed by atoms with E-state index in [1.165, 1.54) is 4.88 Å². The third-order valence-corrected chi connectivity index (χ3v) is 5.30. The number of aromatic nitrogens is 1. The number of nitrogens with zero attached hydrogens (tertiary/aromatic N) is 1. The van der Waals surface area contributed by atoms with Gasteiger partial charge in [-0.3, -0.25) is 0 Å². The predicted molar refractivity (Wildman–Crippen MR) is 86.5 cm³/mol. The van der Waals surface area contributed by atoms with Gasteiger partial charge < -0.3 is 5.73 Å². The zero-order valence-corrected chi connectivity index (χ0v) is 13.2. The molecule has 0 aliphatic rings. The largest absolute Gasteiger partial charge is 0.326 e. The van der Waals surface area contributed by atoms with Gasteiger partial charge in [0.25, 0.3) is 0 Å². The van der Waals surface area contributed by atoms with Gasteiger partial charge in [-0.15, -0.1) is 22.7 Å². The van der Waals surface area contributed by atoms with Crippen molar-refractivity contribution in [1.82, 2.24) is 4.98 Å². The number of hydrogen-bond donors (Lipinski definition) is 1. The maximum absolute atomic E-state index is 5.60. The van der Waals surface area contributed by atoms with Crippen molar-refractivity contribution in [3.63, 3.8) is 0 Å². The molecule has 2 heterocycles. The Morgan fingerprint density at radius 3 is 2.53 bits per heavy atom. The summed E-state index contributed by atoms with van der Waals surface area (Å²) >= 11 is 6.85. The van der Waals surface area contributed by atoms with Gasteiger partial charge in [0.1, 0.15) is 5.01 Å². The molecule has 0 unspecified atom stereocenters. The number of rotatable bonds is 3. The van der Waals surface area contributed by atoms with Crippen molar-refractivity contribution >= 4 is 38.6 Å². The Balaban J connectivity index is 1.91. The molecule has 0 fully saturated rings. The van der Waals surface area contributed by atoms with E-state index in [-0.39, 0.29) is 0 Å². The van der Waals surface area contributed by atoms with Crippen molar-refractivity contribution in [1.29, 1.82) is 0 Å². The number of nitrogens with two attached hydrogens (primary N) is 1. The molecule has 0 radical (unpaired) electrons. The summed E-state index contributed by atoms with van der Waals surface area (Å²) < 4.78 is 1.13. The van der Waals surface area contributed by atoms with E-state index in [4.69, 9.17) is 10.7 Å². The minimum atomic E-state index is 0.576. The van der Waals surface area contributed by atoms with Crippen molar-refractivity contribution in [3.05, 3.63) is 51.1 Å². The molecule has 0 amide bonds. The first-order chi connectivity index (χ1) is 9.26. The zero-order chi connectivity index (χ0) is 13.2. The third-order valence-electron chi connectivity index (χ3n) is 2.77. The van der Waals surface area contributed by atoms with Crippen LogP contribution in [0.15, 0.2) is 45.6 Å². The maximum atomic E-state index is 5.60. The standard InChI is InChI=1S/C14H11BrN2S2/c15-13-6-5-12(19-13)11-8-18-14(17-11)10-3-1-9(7-16)2-4-10/h1-6,8H,7,16H2. The van der Waals surface area contributed by atoms with E-state index in [0.29, 0.717) is 6.54 Å². The Kier molecular flexibility index (Phi) is 3.79. The SMILES string of the molecule is NCc1ccc(-c2nc(-c3ccc(Br)s3)cs2)cc1. The molecular formula is C14H11BrN2S2. The quantitative estimate of drug-likeness (QED) is 0.739. The van der Waals surface area contributed by atoms with Gasteiger partial charge in [0, 0.05) is 17.5 Å². The lowest BCUT2D eigenvalue weighted by molar-refractivity contribution is 1.07. The molecule has 0 saturated heterocycles. The van der Waals surface area contributed by atoms with Gasteiger partial charge >= 0.3 is 0 Å². The Morgan fingerprint density at radius 2 is 1.89 bits per heavy atom. The molecule has 96 valence electrons. The van der Waals surface area contributed by atoms with Gasteiger partial charge in [0.2, 0.25) is 0 Å². The van der Waals surface area contributed by atoms with Crippen molar-refractivity contribution in [2.24, 2.45) is 5.73 Å². The van der Waals surface area contributed by atoms with Gasteiger partial charge in [-0.2, -0.15) is 0 Å². The molecular weight excluding hydrogens is 340 g/mol. The molecule has 3 aromatic rings. The van der Waals surface area contributed by atoms with Crippen molar-refractivity contribution in [2.45, 2.75) is 6.54 Å². The lowest BCUT2D eigenvalue weighted by atomic mass is 10.1. The lowest BCUT2D eigenvalue weighted by Crippen LogP contribution is -1.95. The molecule has 0 bridgehead atoms. The molecule has 0 atom stereocenters. The molecule has 2 aromatic heterocycles. The highest BCUT2D eigenvalue weighted by molar-refractivity contribution is 9.11. The molecule has 5 heteroatoms. The number of thiazole rings is 1. The molecule has 1 aromatic carbocycles. The van der Waals surface area contributed by atoms with E-state index in [9.17, 15) is 0 Å². The second kappa shape index (κ2) is 5.54. The summed E-state index contributed by atoms with van der Waals surface area (Å²) in [6, 6.07) is 12.4. The van der Waals surface area contributed by atoms with Gasteiger partial charge in [0.15, 0.2) is 0 Å². The second-order valence-electron chi connectivity index (χ2n) is 4.04. The molecule has 3 rings (SSSR count). The molecule has 2 nitrogen and oxygen atoms in total. The van der Waals surface area contributed by atoms with Crippen LogP contribution < -0.4 is 5.73 Å². The first-order valence-electron chi connectivity index (χ1n) is 5.77. The fourth-order valence-corrected chi connectivity index (χ4v) is 4.00. The Labute approximate surface area is 128 Å². The Bertz CT molecular complexity index is 686. The summed E-state index contributed by atoms with van der Waals surface area (Å²) in [5, 5.41) is 3.15. The monoisotopic (exact) mass is 350 g/mol. The zero-order valence-electron chi connectivity index (χ0n) is 9.97. The minimum absolute atomic E-state index is 0.576. The first kappa shape index (κ1) is 13.0. The minimum Gasteiger partial charge on any atom is -0.326 e. The summed E-state index contributed by atoms with van der Waals surface area (Å²) in [6.45, 7) is 0.576. The van der Waals surface area contributed by atoms with Gasteiger partial charge in [-0.05, 0) is 33.6 Å². The van der Waals surface area contributed by atoms with Crippen LogP contribution in [0.1, 0.15) is 5.56 Å². The van der Waals surface area contributed by atoms with Gasteiger partial charge in [-0.1, -0.05) is 24.3 Å². The normalized spacial score (nSPS) is 10.8. The number of hydrogen-bond acceptors (Lipinski definition) is 4. The van der Waals surface area contributed by atoms with Gasteiger partial charge in [0.05, 0.1) is 14.4 Å². The topological polar surface area (TPSA) is 38.9 Å². The van der Waals surface area contributed by atoms with E-state index in [2.05, 4.69) is 57.7 Å². The molecule has 2 N–H and O–H groups in total. The lowest BCUT2D eigenvalue weighted by Gasteiger charge is -1.98. The van der Waals surface area contributed by atoms with Crippen LogP contribution in [0.25, 0.3) is 21.1 Å². The summed E-state index contributed by atoms with van der Waals surface area (Å²) in [5.41, 5.74) is 8.93. The van der Waals surface area contributed by atoms with E-state index in [1.54, 1.807) is 22.7 Å². The van der Waals surface area contributed by atoms with E-state index < -0.39 is 0 Å². The summed E-state index contributed by atoms with van der Waals surface area (Å²) in [5.74, 6) is 0. The Hall–Kier alpha value is -1.01. The van der Waals surface area contributed by atoms with Crippen LogP contribution in [0, 0.1) is 0 Å². The van der Waals surface area contributed by atoms with Crippen molar-refractivity contribution < 1.29 is 0 Å². The fraction of sp³-hybridized carbons (Fsp3) is 0.0714. The van der Waals surface area contributed by atoms with Crippen LogP contribution in [-0.2, 0) is 6.54 Å². The Morgan fingerprint density at radius 1 is 1.11 bits per heavy atom. The smallest absolute Gasteiger partial charge is 0.124 e. The van der Waals surface area contributed by atoms with Crippen LogP contribution in [-0.4, -0.2) is 4.98 Å². The van der Waals surface area contributed by atoms with Crippen LogP contribution in [0.3, 0.4) is 0 Å². The van der Waals surface area contributed by atoms with Crippen LogP contribution in [0.4, 0.5) is 0 Å². The average Bonchev–Trinajstić information content (AvgIpc) is 3.07.